The van der Waals surface area contributed by atoms with Crippen molar-refractivity contribution in [2.45, 2.75) is 32.2 Å². The van der Waals surface area contributed by atoms with Gasteiger partial charge in [-0.3, -0.25) is 9.59 Å². The summed E-state index contributed by atoms with van der Waals surface area (Å²) < 4.78 is 7.05. The summed E-state index contributed by atoms with van der Waals surface area (Å²) >= 11 is 0. The van der Waals surface area contributed by atoms with Gasteiger partial charge in [-0.05, 0) is 25.5 Å². The van der Waals surface area contributed by atoms with Crippen LogP contribution < -0.4 is 0 Å². The topological polar surface area (TPSA) is 84.5 Å². The molecular formula is C17H21N5O3. The second kappa shape index (κ2) is 5.72. The molecule has 0 bridgehead atoms. The van der Waals surface area contributed by atoms with Crippen molar-refractivity contribution in [3.05, 3.63) is 35.2 Å². The van der Waals surface area contributed by atoms with E-state index in [0.717, 1.165) is 5.56 Å². The maximum absolute atomic E-state index is 12.6. The first-order valence-electron chi connectivity index (χ1n) is 8.45. The second-order valence-corrected chi connectivity index (χ2v) is 6.95. The van der Waals surface area contributed by atoms with Gasteiger partial charge in [0.15, 0.2) is 5.82 Å². The van der Waals surface area contributed by atoms with Crippen LogP contribution in [-0.2, 0) is 11.8 Å². The maximum atomic E-state index is 12.6. The van der Waals surface area contributed by atoms with Crippen molar-refractivity contribution < 1.29 is 14.1 Å². The molecule has 1 atom stereocenters. The van der Waals surface area contributed by atoms with Crippen LogP contribution in [-0.4, -0.2) is 62.0 Å². The van der Waals surface area contributed by atoms with Gasteiger partial charge in [0.2, 0.25) is 11.8 Å². The number of rotatable bonds is 3. The van der Waals surface area contributed by atoms with Crippen LogP contribution in [0.5, 0.6) is 0 Å². The first-order valence-corrected chi connectivity index (χ1v) is 8.45. The lowest BCUT2D eigenvalue weighted by Crippen LogP contribution is -2.61. The van der Waals surface area contributed by atoms with Crippen LogP contribution in [0.1, 0.15) is 40.1 Å². The molecule has 0 N–H and O–H groups in total. The quantitative estimate of drug-likeness (QED) is 0.825. The predicted molar refractivity (Wildman–Crippen MR) is 87.9 cm³/mol. The van der Waals surface area contributed by atoms with Crippen LogP contribution in [0, 0.1) is 13.8 Å². The molecular weight excluding hydrogens is 322 g/mol. The summed E-state index contributed by atoms with van der Waals surface area (Å²) in [5.74, 6) is 1.18. The number of aromatic nitrogens is 3. The zero-order valence-corrected chi connectivity index (χ0v) is 14.6. The minimum atomic E-state index is -0.0476. The van der Waals surface area contributed by atoms with Crippen LogP contribution in [0.4, 0.5) is 0 Å². The molecule has 2 aromatic rings. The number of nitrogens with zero attached hydrogens (tertiary/aromatic N) is 5. The van der Waals surface area contributed by atoms with E-state index in [1.807, 2.05) is 35.7 Å². The standard InChI is InChI=1S/C17H21N5O3/c1-10-4-5-20(3)15(10)17(24)21-8-13(9-21)22-7-12(6-14(22)23)16-18-11(2)19-25-16/h4-5,12-13H,6-9H2,1-3H3. The largest absolute Gasteiger partial charge is 0.346 e. The smallest absolute Gasteiger partial charge is 0.270 e. The molecule has 0 spiro atoms. The Morgan fingerprint density at radius 2 is 2.04 bits per heavy atom. The van der Waals surface area contributed by atoms with Crippen molar-refractivity contribution in [2.24, 2.45) is 7.05 Å². The minimum absolute atomic E-state index is 0.0250. The number of amides is 2. The molecule has 2 saturated heterocycles. The molecule has 2 aliphatic rings. The van der Waals surface area contributed by atoms with Crippen molar-refractivity contribution >= 4 is 11.8 Å². The van der Waals surface area contributed by atoms with Crippen LogP contribution in [0.25, 0.3) is 0 Å². The van der Waals surface area contributed by atoms with Crippen LogP contribution >= 0.6 is 0 Å². The summed E-state index contributed by atoms with van der Waals surface area (Å²) in [5.41, 5.74) is 1.69. The molecule has 8 heteroatoms. The first-order chi connectivity index (χ1) is 11.9. The molecule has 4 heterocycles. The third kappa shape index (κ3) is 2.61. The molecule has 1 unspecified atom stereocenters. The number of hydrogen-bond donors (Lipinski definition) is 0. The molecule has 8 nitrogen and oxygen atoms in total. The average molecular weight is 343 g/mol. The number of likely N-dealkylation sites (tertiary alicyclic amines) is 2. The SMILES string of the molecule is Cc1noc(C2CC(=O)N(C3CN(C(=O)c4c(C)ccn4C)C3)C2)n1. The lowest BCUT2D eigenvalue weighted by Gasteiger charge is -2.44. The zero-order chi connectivity index (χ0) is 17.7. The minimum Gasteiger partial charge on any atom is -0.346 e. The first kappa shape index (κ1) is 15.9. The molecule has 25 heavy (non-hydrogen) atoms. The van der Waals surface area contributed by atoms with E-state index in [1.54, 1.807) is 11.8 Å². The summed E-state index contributed by atoms with van der Waals surface area (Å²) in [6, 6.07) is 2.01. The summed E-state index contributed by atoms with van der Waals surface area (Å²) in [5, 5.41) is 3.80. The highest BCUT2D eigenvalue weighted by Gasteiger charge is 2.43. The van der Waals surface area contributed by atoms with E-state index in [-0.39, 0.29) is 23.8 Å². The van der Waals surface area contributed by atoms with Crippen molar-refractivity contribution in [3.8, 4) is 0 Å². The molecule has 132 valence electrons. The van der Waals surface area contributed by atoms with Crippen molar-refractivity contribution in [1.82, 2.24) is 24.5 Å². The highest BCUT2D eigenvalue weighted by Crippen LogP contribution is 2.31. The Hall–Kier alpha value is -2.64. The molecule has 2 fully saturated rings. The molecule has 0 aliphatic carbocycles. The molecule has 0 aromatic carbocycles. The number of carbonyl (C=O) groups is 2. The monoisotopic (exact) mass is 343 g/mol. The third-order valence-corrected chi connectivity index (χ3v) is 5.12. The Balaban J connectivity index is 1.39. The molecule has 0 saturated carbocycles. The maximum Gasteiger partial charge on any atom is 0.270 e. The van der Waals surface area contributed by atoms with Gasteiger partial charge in [-0.1, -0.05) is 5.16 Å². The van der Waals surface area contributed by atoms with Gasteiger partial charge < -0.3 is 18.9 Å². The highest BCUT2D eigenvalue weighted by atomic mass is 16.5. The van der Waals surface area contributed by atoms with Gasteiger partial charge >= 0.3 is 0 Å². The fourth-order valence-electron chi connectivity index (χ4n) is 3.67. The molecule has 2 aromatic heterocycles. The van der Waals surface area contributed by atoms with E-state index in [0.29, 0.717) is 43.5 Å². The molecule has 2 amide bonds. The van der Waals surface area contributed by atoms with Gasteiger partial charge in [0.25, 0.3) is 5.91 Å². The van der Waals surface area contributed by atoms with Gasteiger partial charge in [-0.15, -0.1) is 0 Å². The average Bonchev–Trinajstić information content (AvgIpc) is 3.19. The van der Waals surface area contributed by atoms with E-state index in [1.165, 1.54) is 0 Å². The summed E-state index contributed by atoms with van der Waals surface area (Å²) in [4.78, 5) is 32.9. The van der Waals surface area contributed by atoms with Gasteiger partial charge in [-0.2, -0.15) is 4.98 Å². The summed E-state index contributed by atoms with van der Waals surface area (Å²) in [7, 11) is 1.87. The van der Waals surface area contributed by atoms with E-state index in [4.69, 9.17) is 4.52 Å². The van der Waals surface area contributed by atoms with E-state index >= 15 is 0 Å². The molecule has 2 aliphatic heterocycles. The van der Waals surface area contributed by atoms with Crippen molar-refractivity contribution in [1.29, 1.82) is 0 Å². The van der Waals surface area contributed by atoms with E-state index in [2.05, 4.69) is 10.1 Å². The molecule has 0 radical (unpaired) electrons. The fourth-order valence-corrected chi connectivity index (χ4v) is 3.67. The zero-order valence-electron chi connectivity index (χ0n) is 14.6. The number of hydrogen-bond acceptors (Lipinski definition) is 5. The third-order valence-electron chi connectivity index (χ3n) is 5.12. The molecule has 4 rings (SSSR count). The van der Waals surface area contributed by atoms with Crippen LogP contribution in [0.2, 0.25) is 0 Å². The Labute approximate surface area is 145 Å². The van der Waals surface area contributed by atoms with Crippen LogP contribution in [0.15, 0.2) is 16.8 Å². The summed E-state index contributed by atoms with van der Waals surface area (Å²) in [6.07, 6.45) is 2.28. The fraction of sp³-hybridized carbons (Fsp3) is 0.529. The van der Waals surface area contributed by atoms with E-state index in [9.17, 15) is 9.59 Å². The Morgan fingerprint density at radius 1 is 1.28 bits per heavy atom. The van der Waals surface area contributed by atoms with Gasteiger partial charge in [0.05, 0.1) is 12.0 Å². The summed E-state index contributed by atoms with van der Waals surface area (Å²) in [6.45, 7) is 5.43. The van der Waals surface area contributed by atoms with E-state index < -0.39 is 0 Å². The second-order valence-electron chi connectivity index (χ2n) is 6.95. The normalized spacial score (nSPS) is 21.1. The van der Waals surface area contributed by atoms with Gasteiger partial charge in [0.1, 0.15) is 5.69 Å². The lowest BCUT2D eigenvalue weighted by molar-refractivity contribution is -0.132. The van der Waals surface area contributed by atoms with Gasteiger partial charge in [0, 0.05) is 39.3 Å². The Kier molecular flexibility index (Phi) is 3.63. The number of aryl methyl sites for hydroxylation is 3. The highest BCUT2D eigenvalue weighted by molar-refractivity contribution is 5.95. The lowest BCUT2D eigenvalue weighted by atomic mass is 10.1. The number of carbonyl (C=O) groups excluding carboxylic acids is 2. The Morgan fingerprint density at radius 3 is 2.64 bits per heavy atom. The van der Waals surface area contributed by atoms with Crippen molar-refractivity contribution in [3.63, 3.8) is 0 Å². The Bertz CT molecular complexity index is 814. The predicted octanol–water partition coefficient (Wildman–Crippen LogP) is 0.865. The van der Waals surface area contributed by atoms with Gasteiger partial charge in [-0.25, -0.2) is 0 Å². The van der Waals surface area contributed by atoms with Crippen LogP contribution in [0.3, 0.4) is 0 Å². The van der Waals surface area contributed by atoms with Crippen molar-refractivity contribution in [2.75, 3.05) is 19.6 Å².